The van der Waals surface area contributed by atoms with Gasteiger partial charge in [0.15, 0.2) is 12.4 Å². The van der Waals surface area contributed by atoms with E-state index in [1.54, 1.807) is 48.5 Å². The van der Waals surface area contributed by atoms with Crippen molar-refractivity contribution in [1.29, 1.82) is 0 Å². The van der Waals surface area contributed by atoms with E-state index in [-0.39, 0.29) is 18.3 Å². The first-order chi connectivity index (χ1) is 14.7. The van der Waals surface area contributed by atoms with Crippen molar-refractivity contribution in [3.8, 4) is 11.5 Å². The van der Waals surface area contributed by atoms with Crippen molar-refractivity contribution in [2.45, 2.75) is 19.8 Å². The summed E-state index contributed by atoms with van der Waals surface area (Å²) in [5.74, 6) is 0.985. The van der Waals surface area contributed by atoms with Gasteiger partial charge in [0, 0.05) is 16.8 Å². The van der Waals surface area contributed by atoms with E-state index in [1.165, 1.54) is 0 Å². The molecule has 0 saturated carbocycles. The van der Waals surface area contributed by atoms with E-state index in [0.717, 1.165) is 18.6 Å². The fourth-order valence-corrected chi connectivity index (χ4v) is 2.77. The first-order valence-corrected chi connectivity index (χ1v) is 10.0. The maximum atomic E-state index is 12.4. The summed E-state index contributed by atoms with van der Waals surface area (Å²) in [5, 5.41) is 2.78. The van der Waals surface area contributed by atoms with Crippen LogP contribution >= 0.6 is 0 Å². The summed E-state index contributed by atoms with van der Waals surface area (Å²) in [6, 6.07) is 23.1. The van der Waals surface area contributed by atoms with E-state index in [0.29, 0.717) is 29.2 Å². The summed E-state index contributed by atoms with van der Waals surface area (Å²) in [4.78, 5) is 24.5. The van der Waals surface area contributed by atoms with Gasteiger partial charge in [0.05, 0.1) is 6.61 Å². The molecule has 0 fully saturated rings. The zero-order valence-electron chi connectivity index (χ0n) is 17.0. The molecule has 0 unspecified atom stereocenters. The lowest BCUT2D eigenvalue weighted by Gasteiger charge is -2.09. The molecule has 0 heterocycles. The Hall–Kier alpha value is -3.60. The third-order valence-electron chi connectivity index (χ3n) is 4.43. The van der Waals surface area contributed by atoms with Crippen molar-refractivity contribution in [3.63, 3.8) is 0 Å². The van der Waals surface area contributed by atoms with Gasteiger partial charge in [0.25, 0.3) is 5.91 Å². The predicted molar refractivity (Wildman–Crippen MR) is 117 cm³/mol. The van der Waals surface area contributed by atoms with Crippen molar-refractivity contribution in [2.75, 3.05) is 18.5 Å². The average molecular weight is 403 g/mol. The van der Waals surface area contributed by atoms with E-state index in [9.17, 15) is 9.59 Å². The molecular formula is C25H25NO4. The first-order valence-electron chi connectivity index (χ1n) is 10.0. The molecule has 0 atom stereocenters. The van der Waals surface area contributed by atoms with Crippen molar-refractivity contribution in [3.05, 3.63) is 90.0 Å². The Kier molecular flexibility index (Phi) is 7.61. The molecule has 0 saturated heterocycles. The normalized spacial score (nSPS) is 10.3. The molecule has 0 radical (unpaired) electrons. The Balaban J connectivity index is 1.47. The molecule has 3 aromatic rings. The highest BCUT2D eigenvalue weighted by Crippen LogP contribution is 2.17. The smallest absolute Gasteiger partial charge is 0.262 e. The SMILES string of the molecule is CCCCOc1ccc(NC(=O)COc2ccc(C(=O)c3ccccc3)cc2)cc1. The van der Waals surface area contributed by atoms with Crippen LogP contribution in [0.15, 0.2) is 78.9 Å². The lowest BCUT2D eigenvalue weighted by Crippen LogP contribution is -2.20. The van der Waals surface area contributed by atoms with Crippen LogP contribution < -0.4 is 14.8 Å². The van der Waals surface area contributed by atoms with Gasteiger partial charge in [-0.25, -0.2) is 0 Å². The molecule has 0 spiro atoms. The van der Waals surface area contributed by atoms with Gasteiger partial charge in [-0.1, -0.05) is 43.7 Å². The molecule has 0 aliphatic heterocycles. The van der Waals surface area contributed by atoms with E-state index < -0.39 is 0 Å². The van der Waals surface area contributed by atoms with Crippen LogP contribution in [-0.4, -0.2) is 24.9 Å². The minimum absolute atomic E-state index is 0.0537. The second-order valence-electron chi connectivity index (χ2n) is 6.78. The molecule has 0 aliphatic carbocycles. The lowest BCUT2D eigenvalue weighted by atomic mass is 10.0. The Morgan fingerprint density at radius 2 is 1.37 bits per heavy atom. The van der Waals surface area contributed by atoms with E-state index in [2.05, 4.69) is 12.2 Å². The molecule has 0 bridgehead atoms. The number of benzene rings is 3. The van der Waals surface area contributed by atoms with E-state index in [1.807, 2.05) is 30.3 Å². The lowest BCUT2D eigenvalue weighted by molar-refractivity contribution is -0.118. The van der Waals surface area contributed by atoms with Crippen LogP contribution in [0.25, 0.3) is 0 Å². The van der Waals surface area contributed by atoms with Crippen molar-refractivity contribution < 1.29 is 19.1 Å². The van der Waals surface area contributed by atoms with E-state index >= 15 is 0 Å². The largest absolute Gasteiger partial charge is 0.494 e. The van der Waals surface area contributed by atoms with Gasteiger partial charge < -0.3 is 14.8 Å². The van der Waals surface area contributed by atoms with Crippen LogP contribution in [0.4, 0.5) is 5.69 Å². The summed E-state index contributed by atoms with van der Waals surface area (Å²) < 4.78 is 11.1. The standard InChI is InChI=1S/C25H25NO4/c1-2-3-17-29-22-15-11-21(12-16-22)26-24(27)18-30-23-13-9-20(10-14-23)25(28)19-7-5-4-6-8-19/h4-16H,2-3,17-18H2,1H3,(H,26,27). The zero-order valence-corrected chi connectivity index (χ0v) is 17.0. The average Bonchev–Trinajstić information content (AvgIpc) is 2.79. The molecule has 30 heavy (non-hydrogen) atoms. The van der Waals surface area contributed by atoms with Gasteiger partial charge in [-0.2, -0.15) is 0 Å². The van der Waals surface area contributed by atoms with Gasteiger partial charge in [-0.15, -0.1) is 0 Å². The monoisotopic (exact) mass is 403 g/mol. The predicted octanol–water partition coefficient (Wildman–Crippen LogP) is 5.11. The summed E-state index contributed by atoms with van der Waals surface area (Å²) in [6.45, 7) is 2.68. The molecule has 154 valence electrons. The second-order valence-corrected chi connectivity index (χ2v) is 6.78. The third kappa shape index (κ3) is 6.21. The molecule has 0 aromatic heterocycles. The highest BCUT2D eigenvalue weighted by molar-refractivity contribution is 6.09. The van der Waals surface area contributed by atoms with Crippen molar-refractivity contribution >= 4 is 17.4 Å². The Morgan fingerprint density at radius 3 is 2.03 bits per heavy atom. The van der Waals surface area contributed by atoms with Gasteiger partial charge in [0.2, 0.25) is 0 Å². The quantitative estimate of drug-likeness (QED) is 0.377. The number of rotatable bonds is 10. The number of carbonyl (C=O) groups excluding carboxylic acids is 2. The molecule has 5 nitrogen and oxygen atoms in total. The molecule has 1 N–H and O–H groups in total. The summed E-state index contributed by atoms with van der Waals surface area (Å²) in [6.07, 6.45) is 2.09. The number of nitrogens with one attached hydrogen (secondary N) is 1. The number of amides is 1. The van der Waals surface area contributed by atoms with Crippen LogP contribution in [0.5, 0.6) is 11.5 Å². The summed E-state index contributed by atoms with van der Waals surface area (Å²) >= 11 is 0. The van der Waals surface area contributed by atoms with Crippen LogP contribution in [0, 0.1) is 0 Å². The number of ether oxygens (including phenoxy) is 2. The van der Waals surface area contributed by atoms with Crippen LogP contribution in [0.1, 0.15) is 35.7 Å². The second kappa shape index (κ2) is 10.8. The minimum atomic E-state index is -0.265. The summed E-state index contributed by atoms with van der Waals surface area (Å²) in [7, 11) is 0. The topological polar surface area (TPSA) is 64.6 Å². The third-order valence-corrected chi connectivity index (χ3v) is 4.43. The highest BCUT2D eigenvalue weighted by atomic mass is 16.5. The molecule has 5 heteroatoms. The Labute approximate surface area is 176 Å². The number of anilines is 1. The maximum Gasteiger partial charge on any atom is 0.262 e. The van der Waals surface area contributed by atoms with E-state index in [4.69, 9.17) is 9.47 Å². The molecule has 3 aromatic carbocycles. The first kappa shape index (κ1) is 21.1. The highest BCUT2D eigenvalue weighted by Gasteiger charge is 2.09. The Morgan fingerprint density at radius 1 is 0.767 bits per heavy atom. The number of ketones is 1. The zero-order chi connectivity index (χ0) is 21.2. The van der Waals surface area contributed by atoms with Gasteiger partial charge >= 0.3 is 0 Å². The maximum absolute atomic E-state index is 12.4. The number of hydrogen-bond acceptors (Lipinski definition) is 4. The van der Waals surface area contributed by atoms with Crippen LogP contribution in [-0.2, 0) is 4.79 Å². The summed E-state index contributed by atoms with van der Waals surface area (Å²) in [5.41, 5.74) is 1.88. The molecule has 3 rings (SSSR count). The Bertz CT molecular complexity index is 951. The fraction of sp³-hybridized carbons (Fsp3) is 0.200. The van der Waals surface area contributed by atoms with Crippen LogP contribution in [0.3, 0.4) is 0 Å². The van der Waals surface area contributed by atoms with Gasteiger partial charge in [-0.3, -0.25) is 9.59 Å². The number of unbranched alkanes of at least 4 members (excludes halogenated alkanes) is 1. The minimum Gasteiger partial charge on any atom is -0.494 e. The molecule has 0 aliphatic rings. The number of hydrogen-bond donors (Lipinski definition) is 1. The van der Waals surface area contributed by atoms with Crippen molar-refractivity contribution in [1.82, 2.24) is 0 Å². The fourth-order valence-electron chi connectivity index (χ4n) is 2.77. The number of carbonyl (C=O) groups is 2. The molecule has 1 amide bonds. The molecular weight excluding hydrogens is 378 g/mol. The van der Waals surface area contributed by atoms with Gasteiger partial charge in [0.1, 0.15) is 11.5 Å². The van der Waals surface area contributed by atoms with Gasteiger partial charge in [-0.05, 0) is 55.0 Å². The van der Waals surface area contributed by atoms with Crippen molar-refractivity contribution in [2.24, 2.45) is 0 Å². The van der Waals surface area contributed by atoms with Crippen LogP contribution in [0.2, 0.25) is 0 Å².